The molecule has 2 aliphatic rings. The second-order valence-electron chi connectivity index (χ2n) is 12.1. The number of carbonyl (C=O) groups is 2. The maximum atomic E-state index is 12.1. The van der Waals surface area contributed by atoms with Gasteiger partial charge in [-0.3, -0.25) is 14.5 Å². The van der Waals surface area contributed by atoms with Gasteiger partial charge in [0.2, 0.25) is 5.91 Å². The number of carbonyl (C=O) groups excluding carboxylic acids is 1. The zero-order valence-corrected chi connectivity index (χ0v) is 25.8. The second-order valence-corrected chi connectivity index (χ2v) is 12.1. The predicted molar refractivity (Wildman–Crippen MR) is 170 cm³/mol. The zero-order chi connectivity index (χ0) is 31.8. The fourth-order valence-corrected chi connectivity index (χ4v) is 6.28. The van der Waals surface area contributed by atoms with Crippen molar-refractivity contribution < 1.29 is 34.4 Å². The number of carboxylic acids is 1. The molecular weight excluding hydrogens is 572 g/mol. The molecule has 2 aliphatic heterocycles. The molecule has 0 radical (unpaired) electrons. The molecule has 5 unspecified atom stereocenters. The number of ether oxygens (including phenoxy) is 2. The van der Waals surface area contributed by atoms with Crippen molar-refractivity contribution in [2.45, 2.75) is 76.7 Å². The molecule has 0 spiro atoms. The topological polar surface area (TPSA) is 129 Å². The van der Waals surface area contributed by atoms with E-state index in [-0.39, 0.29) is 56.1 Å². The number of hydrogen-bond acceptors (Lipinski definition) is 7. The highest BCUT2D eigenvalue weighted by Gasteiger charge is 2.40. The molecule has 1 amide bonds. The number of aliphatic hydroxyl groups is 2. The van der Waals surface area contributed by atoms with Crippen molar-refractivity contribution in [1.82, 2.24) is 10.2 Å². The van der Waals surface area contributed by atoms with Crippen molar-refractivity contribution >= 4 is 11.9 Å². The molecule has 5 atom stereocenters. The van der Waals surface area contributed by atoms with Crippen molar-refractivity contribution in [3.05, 3.63) is 95.1 Å². The Labute approximate surface area is 264 Å². The molecule has 9 nitrogen and oxygen atoms in total. The van der Waals surface area contributed by atoms with Crippen LogP contribution in [0.15, 0.2) is 72.8 Å². The molecule has 2 saturated heterocycles. The van der Waals surface area contributed by atoms with Gasteiger partial charge in [-0.05, 0) is 59.7 Å². The maximum Gasteiger partial charge on any atom is 0.303 e. The van der Waals surface area contributed by atoms with E-state index < -0.39 is 12.3 Å². The molecule has 0 saturated carbocycles. The highest BCUT2D eigenvalue weighted by Crippen LogP contribution is 2.42. The lowest BCUT2D eigenvalue weighted by Crippen LogP contribution is -2.46. The average Bonchev–Trinajstić information content (AvgIpc) is 3.52. The number of aliphatic hydroxyl groups excluding tert-OH is 2. The average molecular weight is 617 g/mol. The van der Waals surface area contributed by atoms with E-state index in [1.54, 1.807) is 0 Å². The van der Waals surface area contributed by atoms with Gasteiger partial charge in [-0.1, -0.05) is 73.7 Å². The van der Waals surface area contributed by atoms with E-state index in [4.69, 9.17) is 14.6 Å². The van der Waals surface area contributed by atoms with E-state index in [1.165, 1.54) is 0 Å². The molecule has 0 aliphatic carbocycles. The molecule has 45 heavy (non-hydrogen) atoms. The number of hydrogen-bond donors (Lipinski definition) is 4. The minimum absolute atomic E-state index is 0.00822. The van der Waals surface area contributed by atoms with Crippen molar-refractivity contribution in [3.8, 4) is 11.1 Å². The Bertz CT molecular complexity index is 1410. The summed E-state index contributed by atoms with van der Waals surface area (Å²) < 4.78 is 13.3. The normalized spacial score (nSPS) is 23.6. The van der Waals surface area contributed by atoms with Crippen LogP contribution >= 0.6 is 0 Å². The summed E-state index contributed by atoms with van der Waals surface area (Å²) in [7, 11) is 0. The third-order valence-corrected chi connectivity index (χ3v) is 8.98. The molecule has 2 heterocycles. The summed E-state index contributed by atoms with van der Waals surface area (Å²) in [6.45, 7) is 4.33. The molecule has 9 heteroatoms. The first-order valence-corrected chi connectivity index (χ1v) is 15.9. The van der Waals surface area contributed by atoms with Gasteiger partial charge in [0.25, 0.3) is 0 Å². The van der Waals surface area contributed by atoms with Gasteiger partial charge >= 0.3 is 5.97 Å². The fraction of sp³-hybridized carbons (Fsp3) is 0.444. The number of benzene rings is 3. The van der Waals surface area contributed by atoms with Gasteiger partial charge in [0.05, 0.1) is 25.4 Å². The predicted octanol–water partition coefficient (Wildman–Crippen LogP) is 4.97. The van der Waals surface area contributed by atoms with Crippen LogP contribution in [-0.4, -0.2) is 63.9 Å². The zero-order valence-electron chi connectivity index (χ0n) is 25.8. The first-order chi connectivity index (χ1) is 21.8. The van der Waals surface area contributed by atoms with Gasteiger partial charge in [-0.15, -0.1) is 0 Å². The van der Waals surface area contributed by atoms with E-state index in [0.717, 1.165) is 59.3 Å². The molecule has 3 aromatic carbocycles. The van der Waals surface area contributed by atoms with E-state index in [2.05, 4.69) is 17.1 Å². The molecule has 2 fully saturated rings. The van der Waals surface area contributed by atoms with Gasteiger partial charge in [-0.2, -0.15) is 0 Å². The van der Waals surface area contributed by atoms with E-state index in [9.17, 15) is 19.8 Å². The van der Waals surface area contributed by atoms with Crippen molar-refractivity contribution in [2.24, 2.45) is 5.92 Å². The highest BCUT2D eigenvalue weighted by atomic mass is 16.7. The molecule has 4 N–H and O–H groups in total. The van der Waals surface area contributed by atoms with Gasteiger partial charge in [0.15, 0.2) is 6.29 Å². The number of likely N-dealkylation sites (tertiary alicyclic amines) is 1. The quantitative estimate of drug-likeness (QED) is 0.212. The summed E-state index contributed by atoms with van der Waals surface area (Å²) in [5, 5.41) is 31.1. The Morgan fingerprint density at radius 3 is 2.38 bits per heavy atom. The van der Waals surface area contributed by atoms with Crippen LogP contribution in [0.4, 0.5) is 0 Å². The van der Waals surface area contributed by atoms with Crippen LogP contribution in [-0.2, 0) is 32.2 Å². The molecule has 3 aromatic rings. The Morgan fingerprint density at radius 2 is 1.67 bits per heavy atom. The number of aliphatic carboxylic acids is 1. The Balaban J connectivity index is 1.29. The van der Waals surface area contributed by atoms with Gasteiger partial charge < -0.3 is 30.1 Å². The number of carboxylic acid groups (broad SMARTS) is 1. The van der Waals surface area contributed by atoms with Crippen molar-refractivity contribution in [2.75, 3.05) is 19.7 Å². The Hall–Kier alpha value is -3.60. The number of nitrogens with zero attached hydrogens (tertiary/aromatic N) is 1. The van der Waals surface area contributed by atoms with Gasteiger partial charge in [0, 0.05) is 43.5 Å². The maximum absolute atomic E-state index is 12.1. The third-order valence-electron chi connectivity index (χ3n) is 8.98. The lowest BCUT2D eigenvalue weighted by Gasteiger charge is -2.43. The van der Waals surface area contributed by atoms with E-state index >= 15 is 0 Å². The summed E-state index contributed by atoms with van der Waals surface area (Å²) in [5.74, 6) is -0.990. The molecular formula is C36H44N2O7. The van der Waals surface area contributed by atoms with Crippen LogP contribution < -0.4 is 5.32 Å². The lowest BCUT2D eigenvalue weighted by molar-refractivity contribution is -0.276. The first-order valence-electron chi connectivity index (χ1n) is 15.9. The van der Waals surface area contributed by atoms with E-state index in [1.807, 2.05) is 72.8 Å². The molecule has 5 rings (SSSR count). The van der Waals surface area contributed by atoms with Crippen LogP contribution in [0.25, 0.3) is 11.1 Å². The molecule has 0 aromatic heterocycles. The molecule has 0 bridgehead atoms. The Kier molecular flexibility index (Phi) is 11.4. The van der Waals surface area contributed by atoms with Crippen molar-refractivity contribution in [1.29, 1.82) is 0 Å². The van der Waals surface area contributed by atoms with Gasteiger partial charge in [-0.25, -0.2) is 0 Å². The van der Waals surface area contributed by atoms with E-state index in [0.29, 0.717) is 13.0 Å². The summed E-state index contributed by atoms with van der Waals surface area (Å²) >= 11 is 0. The fourth-order valence-electron chi connectivity index (χ4n) is 6.28. The monoisotopic (exact) mass is 616 g/mol. The number of rotatable bonds is 13. The third kappa shape index (κ3) is 8.56. The smallest absolute Gasteiger partial charge is 0.303 e. The summed E-state index contributed by atoms with van der Waals surface area (Å²) in [6.07, 6.45) is 1.68. The lowest BCUT2D eigenvalue weighted by atomic mass is 9.89. The second kappa shape index (κ2) is 15.6. The van der Waals surface area contributed by atoms with Crippen LogP contribution in [0.1, 0.15) is 73.7 Å². The minimum Gasteiger partial charge on any atom is -0.481 e. The minimum atomic E-state index is -0.899. The van der Waals surface area contributed by atoms with Crippen LogP contribution in [0.2, 0.25) is 0 Å². The first kappa shape index (κ1) is 32.8. The molecule has 240 valence electrons. The van der Waals surface area contributed by atoms with Gasteiger partial charge in [0.1, 0.15) is 0 Å². The van der Waals surface area contributed by atoms with Crippen molar-refractivity contribution in [3.63, 3.8) is 0 Å². The SMILES string of the molecule is CC1C(CN2CCCC2CO)OC(c2ccc(-c3cccc(CNC(=O)CCCC(=O)O)c3)cc2)OC1c1ccc(CO)cc1. The number of nitrogens with one attached hydrogen (secondary N) is 1. The standard InChI is InChI=1S/C36H44N2O7/c1-24-32(21-38-18-4-7-31(38)23-40)44-36(45-35(24)28-12-10-25(22-39)11-13-28)29-16-14-27(15-17-29)30-6-2-5-26(19-30)20-37-33(41)8-3-9-34(42)43/h2,5-6,10-17,19,24,31-32,35-36,39-40H,3-4,7-9,18,20-23H2,1H3,(H,37,41)(H,42,43). The summed E-state index contributed by atoms with van der Waals surface area (Å²) in [5.41, 5.74) is 5.80. The largest absolute Gasteiger partial charge is 0.481 e. The van der Waals surface area contributed by atoms with Crippen LogP contribution in [0, 0.1) is 5.92 Å². The highest BCUT2D eigenvalue weighted by molar-refractivity contribution is 5.76. The summed E-state index contributed by atoms with van der Waals surface area (Å²) in [4.78, 5) is 25.1. The van der Waals surface area contributed by atoms with Crippen LogP contribution in [0.3, 0.4) is 0 Å². The number of amides is 1. The summed E-state index contributed by atoms with van der Waals surface area (Å²) in [6, 6.07) is 24.2. The van der Waals surface area contributed by atoms with Crippen LogP contribution in [0.5, 0.6) is 0 Å². The Morgan fingerprint density at radius 1 is 0.911 bits per heavy atom.